The van der Waals surface area contributed by atoms with Crippen LogP contribution in [0.1, 0.15) is 42.6 Å². The summed E-state index contributed by atoms with van der Waals surface area (Å²) in [4.78, 5) is 13.2. The third kappa shape index (κ3) is 1.81. The SMILES string of the molecule is O=C1C2(CCCC13O[C@H]3c1ccccc1)O[C@@H]2c1ccccc1. The summed E-state index contributed by atoms with van der Waals surface area (Å²) in [5.41, 5.74) is 0.885. The summed E-state index contributed by atoms with van der Waals surface area (Å²) in [6, 6.07) is 20.1. The largest absolute Gasteiger partial charge is 0.353 e. The minimum atomic E-state index is -0.650. The van der Waals surface area contributed by atoms with Gasteiger partial charge in [-0.1, -0.05) is 60.7 Å². The van der Waals surface area contributed by atoms with Gasteiger partial charge in [-0.15, -0.1) is 0 Å². The number of carbonyl (C=O) groups excluding carboxylic acids is 1. The van der Waals surface area contributed by atoms with Gasteiger partial charge in [-0.05, 0) is 30.4 Å². The molecule has 2 unspecified atom stereocenters. The van der Waals surface area contributed by atoms with E-state index < -0.39 is 11.2 Å². The molecule has 3 aliphatic rings. The fraction of sp³-hybridized carbons (Fsp3) is 0.350. The second kappa shape index (κ2) is 4.53. The number of hydrogen-bond acceptors (Lipinski definition) is 3. The van der Waals surface area contributed by atoms with Gasteiger partial charge in [-0.2, -0.15) is 0 Å². The van der Waals surface area contributed by atoms with E-state index in [1.165, 1.54) is 0 Å². The van der Waals surface area contributed by atoms with Crippen LogP contribution in [0.4, 0.5) is 0 Å². The van der Waals surface area contributed by atoms with Crippen LogP contribution in [0, 0.1) is 0 Å². The third-order valence-corrected chi connectivity index (χ3v) is 5.46. The Bertz CT molecular complexity index is 693. The van der Waals surface area contributed by atoms with Crippen molar-refractivity contribution in [1.82, 2.24) is 0 Å². The molecule has 3 nitrogen and oxygen atoms in total. The van der Waals surface area contributed by atoms with Crippen molar-refractivity contribution in [3.8, 4) is 0 Å². The van der Waals surface area contributed by atoms with Crippen LogP contribution in [-0.2, 0) is 14.3 Å². The van der Waals surface area contributed by atoms with Crippen LogP contribution in [0.2, 0.25) is 0 Å². The van der Waals surface area contributed by atoms with E-state index in [0.717, 1.165) is 30.4 Å². The van der Waals surface area contributed by atoms with E-state index in [0.29, 0.717) is 0 Å². The van der Waals surface area contributed by atoms with Crippen molar-refractivity contribution in [2.45, 2.75) is 42.7 Å². The molecule has 0 amide bonds. The van der Waals surface area contributed by atoms with Crippen LogP contribution in [-0.4, -0.2) is 17.0 Å². The van der Waals surface area contributed by atoms with Crippen molar-refractivity contribution in [2.24, 2.45) is 0 Å². The van der Waals surface area contributed by atoms with Crippen LogP contribution in [0.25, 0.3) is 0 Å². The van der Waals surface area contributed by atoms with Crippen molar-refractivity contribution in [3.05, 3.63) is 71.8 Å². The lowest BCUT2D eigenvalue weighted by molar-refractivity contribution is -0.132. The second-order valence-corrected chi connectivity index (χ2v) is 6.78. The summed E-state index contributed by atoms with van der Waals surface area (Å²) in [5.74, 6) is 0.152. The summed E-state index contributed by atoms with van der Waals surface area (Å²) >= 11 is 0. The zero-order chi connectivity index (χ0) is 15.5. The second-order valence-electron chi connectivity index (χ2n) is 6.78. The van der Waals surface area contributed by atoms with Crippen LogP contribution in [0.5, 0.6) is 0 Å². The highest BCUT2D eigenvalue weighted by Crippen LogP contribution is 2.65. The first-order valence-electron chi connectivity index (χ1n) is 8.27. The van der Waals surface area contributed by atoms with Gasteiger partial charge in [0.25, 0.3) is 0 Å². The van der Waals surface area contributed by atoms with Gasteiger partial charge in [0.2, 0.25) is 5.78 Å². The average molecular weight is 306 g/mol. The Balaban J connectivity index is 1.44. The molecule has 0 bridgehead atoms. The Morgan fingerprint density at radius 3 is 1.61 bits per heavy atom. The fourth-order valence-electron chi connectivity index (χ4n) is 4.21. The molecule has 3 fully saturated rings. The summed E-state index contributed by atoms with van der Waals surface area (Å²) < 4.78 is 11.9. The Hall–Kier alpha value is -1.97. The number of ether oxygens (including phenoxy) is 2. The highest BCUT2D eigenvalue weighted by atomic mass is 16.6. The lowest BCUT2D eigenvalue weighted by Gasteiger charge is -2.24. The summed E-state index contributed by atoms with van der Waals surface area (Å²) in [6.07, 6.45) is 2.37. The zero-order valence-electron chi connectivity index (χ0n) is 12.8. The number of hydrogen-bond donors (Lipinski definition) is 0. The number of benzene rings is 2. The van der Waals surface area contributed by atoms with Crippen molar-refractivity contribution >= 4 is 5.78 Å². The van der Waals surface area contributed by atoms with Gasteiger partial charge in [-0.25, -0.2) is 0 Å². The lowest BCUT2D eigenvalue weighted by atomic mass is 9.74. The summed E-state index contributed by atoms with van der Waals surface area (Å²) in [7, 11) is 0. The molecular formula is C20H18O3. The molecule has 2 aliphatic heterocycles. The zero-order valence-corrected chi connectivity index (χ0v) is 12.8. The first-order valence-corrected chi connectivity index (χ1v) is 8.27. The number of ketones is 1. The molecule has 0 radical (unpaired) electrons. The maximum atomic E-state index is 13.2. The van der Waals surface area contributed by atoms with E-state index in [-0.39, 0.29) is 18.0 Å². The van der Waals surface area contributed by atoms with Gasteiger partial charge < -0.3 is 9.47 Å². The molecule has 2 spiro atoms. The van der Waals surface area contributed by atoms with Crippen LogP contribution >= 0.6 is 0 Å². The maximum Gasteiger partial charge on any atom is 0.202 e. The molecule has 4 atom stereocenters. The number of carbonyl (C=O) groups is 1. The molecule has 1 saturated carbocycles. The van der Waals surface area contributed by atoms with Crippen LogP contribution < -0.4 is 0 Å². The number of Topliss-reactive ketones (excluding diaryl/α,β-unsaturated/α-hetero) is 1. The first-order chi connectivity index (χ1) is 11.3. The Morgan fingerprint density at radius 2 is 1.17 bits per heavy atom. The van der Waals surface area contributed by atoms with E-state index in [9.17, 15) is 4.79 Å². The van der Waals surface area contributed by atoms with E-state index in [1.807, 2.05) is 60.7 Å². The van der Waals surface area contributed by atoms with Crippen LogP contribution in [0.15, 0.2) is 60.7 Å². The normalized spacial score (nSPS) is 38.0. The van der Waals surface area contributed by atoms with Gasteiger partial charge in [0.05, 0.1) is 0 Å². The highest BCUT2D eigenvalue weighted by molar-refractivity contribution is 6.01. The molecule has 0 aromatic heterocycles. The third-order valence-electron chi connectivity index (χ3n) is 5.46. The summed E-state index contributed by atoms with van der Waals surface area (Å²) in [6.45, 7) is 0. The van der Waals surface area contributed by atoms with Gasteiger partial charge >= 0.3 is 0 Å². The topological polar surface area (TPSA) is 42.1 Å². The molecule has 3 heteroatoms. The first kappa shape index (κ1) is 13.5. The number of rotatable bonds is 2. The van der Waals surface area contributed by atoms with Crippen molar-refractivity contribution in [2.75, 3.05) is 0 Å². The molecule has 5 rings (SSSR count). The molecule has 1 aliphatic carbocycles. The molecular weight excluding hydrogens is 288 g/mol. The van der Waals surface area contributed by atoms with Gasteiger partial charge in [0, 0.05) is 0 Å². The quantitative estimate of drug-likeness (QED) is 0.793. The summed E-state index contributed by atoms with van der Waals surface area (Å²) in [5, 5.41) is 0. The molecule has 0 N–H and O–H groups in total. The van der Waals surface area contributed by atoms with E-state index >= 15 is 0 Å². The Kier molecular flexibility index (Phi) is 2.65. The van der Waals surface area contributed by atoms with Gasteiger partial charge in [0.1, 0.15) is 12.2 Å². The van der Waals surface area contributed by atoms with Gasteiger partial charge in [0.15, 0.2) is 11.2 Å². The molecule has 23 heavy (non-hydrogen) atoms. The van der Waals surface area contributed by atoms with Crippen molar-refractivity contribution < 1.29 is 14.3 Å². The molecule has 2 aromatic rings. The van der Waals surface area contributed by atoms with E-state index in [4.69, 9.17) is 9.47 Å². The Morgan fingerprint density at radius 1 is 0.739 bits per heavy atom. The van der Waals surface area contributed by atoms with E-state index in [1.54, 1.807) is 0 Å². The minimum Gasteiger partial charge on any atom is -0.353 e. The van der Waals surface area contributed by atoms with E-state index in [2.05, 4.69) is 0 Å². The van der Waals surface area contributed by atoms with Crippen molar-refractivity contribution in [1.29, 1.82) is 0 Å². The highest BCUT2D eigenvalue weighted by Gasteiger charge is 2.76. The predicted molar refractivity (Wildman–Crippen MR) is 84.9 cm³/mol. The Labute approximate surface area is 135 Å². The van der Waals surface area contributed by atoms with Crippen molar-refractivity contribution in [3.63, 3.8) is 0 Å². The smallest absolute Gasteiger partial charge is 0.202 e. The maximum absolute atomic E-state index is 13.2. The molecule has 2 heterocycles. The average Bonchev–Trinajstić information content (AvgIpc) is 3.50. The monoisotopic (exact) mass is 306 g/mol. The fourth-order valence-corrected chi connectivity index (χ4v) is 4.21. The van der Waals surface area contributed by atoms with Gasteiger partial charge in [-0.3, -0.25) is 4.79 Å². The lowest BCUT2D eigenvalue weighted by Crippen LogP contribution is -2.43. The molecule has 2 aromatic carbocycles. The predicted octanol–water partition coefficient (Wildman–Crippen LogP) is 3.76. The number of epoxide rings is 2. The minimum absolute atomic E-state index is 0.103. The molecule has 2 saturated heterocycles. The standard InChI is InChI=1S/C20H18O3/c21-18-19(16(22-19)14-8-3-1-4-9-14)12-7-13-20(18)17(23-20)15-10-5-2-6-11-15/h1-6,8-11,16-17H,7,12-13H2/t16-,17+,19?,20?. The van der Waals surface area contributed by atoms with Crippen LogP contribution in [0.3, 0.4) is 0 Å². The molecule has 116 valence electrons.